The van der Waals surface area contributed by atoms with E-state index in [0.29, 0.717) is 29.6 Å². The Bertz CT molecular complexity index is 1530. The molecule has 0 spiro atoms. The molecule has 0 bridgehead atoms. The van der Waals surface area contributed by atoms with Crippen molar-refractivity contribution in [1.29, 1.82) is 5.41 Å². The molecule has 9 heteroatoms. The van der Waals surface area contributed by atoms with E-state index in [0.717, 1.165) is 11.0 Å². The molecule has 33 heavy (non-hydrogen) atoms. The third-order valence-electron chi connectivity index (χ3n) is 5.36. The van der Waals surface area contributed by atoms with Crippen molar-refractivity contribution in [3.8, 4) is 5.69 Å². The van der Waals surface area contributed by atoms with Crippen LogP contribution in [0.1, 0.15) is 19.8 Å². The van der Waals surface area contributed by atoms with Crippen molar-refractivity contribution in [3.63, 3.8) is 0 Å². The van der Waals surface area contributed by atoms with Gasteiger partial charge in [0.1, 0.15) is 5.49 Å². The Kier molecular flexibility index (Phi) is 6.40. The van der Waals surface area contributed by atoms with Crippen molar-refractivity contribution in [2.24, 2.45) is 0 Å². The highest BCUT2D eigenvalue weighted by Gasteiger charge is 2.26. The Hall–Kier alpha value is -3.36. The van der Waals surface area contributed by atoms with Gasteiger partial charge in [0.05, 0.1) is 26.8 Å². The van der Waals surface area contributed by atoms with E-state index in [-0.39, 0.29) is 21.1 Å². The number of unbranched alkanes of at least 4 members (excludes halogenated alkanes) is 1. The third-order valence-corrected chi connectivity index (χ3v) is 7.50. The largest absolute Gasteiger partial charge is 0.332 e. The van der Waals surface area contributed by atoms with Gasteiger partial charge in [-0.3, -0.25) is 9.71 Å². The lowest BCUT2D eigenvalue weighted by Crippen LogP contribution is -2.35. The lowest BCUT2D eigenvalue weighted by molar-refractivity contribution is 0.588. The fourth-order valence-corrected chi connectivity index (χ4v) is 5.38. The fourth-order valence-electron chi connectivity index (χ4n) is 3.66. The number of sulfonamides is 1. The van der Waals surface area contributed by atoms with E-state index in [1.165, 1.54) is 22.5 Å². The minimum atomic E-state index is -3.95. The van der Waals surface area contributed by atoms with E-state index < -0.39 is 15.7 Å². The van der Waals surface area contributed by atoms with Crippen LogP contribution in [0.2, 0.25) is 5.02 Å². The van der Waals surface area contributed by atoms with E-state index >= 15 is 0 Å². The highest BCUT2D eigenvalue weighted by Crippen LogP contribution is 2.28. The molecule has 0 aliphatic carbocycles. The molecule has 0 atom stereocenters. The summed E-state index contributed by atoms with van der Waals surface area (Å²) in [6.07, 6.45) is 1.51. The summed E-state index contributed by atoms with van der Waals surface area (Å²) in [4.78, 5) is 15.5. The zero-order chi connectivity index (χ0) is 23.6. The molecule has 4 rings (SSSR count). The van der Waals surface area contributed by atoms with Crippen LogP contribution >= 0.6 is 11.6 Å². The Morgan fingerprint density at radius 2 is 1.73 bits per heavy atom. The van der Waals surface area contributed by atoms with Crippen molar-refractivity contribution >= 4 is 38.2 Å². The van der Waals surface area contributed by atoms with Gasteiger partial charge in [0.15, 0.2) is 0 Å². The maximum Gasteiger partial charge on any atom is 0.332 e. The molecule has 170 valence electrons. The minimum Gasteiger partial charge on any atom is -0.306 e. The molecule has 0 fully saturated rings. The van der Waals surface area contributed by atoms with Crippen molar-refractivity contribution in [2.45, 2.75) is 24.7 Å². The third kappa shape index (κ3) is 4.31. The van der Waals surface area contributed by atoms with E-state index in [9.17, 15) is 13.2 Å². The molecule has 4 aromatic rings. The maximum absolute atomic E-state index is 13.7. The van der Waals surface area contributed by atoms with E-state index in [1.807, 2.05) is 13.0 Å². The van der Waals surface area contributed by atoms with Gasteiger partial charge in [-0.1, -0.05) is 55.3 Å². The lowest BCUT2D eigenvalue weighted by atomic mass is 10.2. The number of nitrogens with zero attached hydrogens (tertiary/aromatic N) is 2. The van der Waals surface area contributed by atoms with Gasteiger partial charge in [-0.2, -0.15) is 0 Å². The number of benzene rings is 3. The zero-order valence-electron chi connectivity index (χ0n) is 18.0. The van der Waals surface area contributed by atoms with Crippen LogP contribution in [0.15, 0.2) is 82.5 Å². The zero-order valence-corrected chi connectivity index (χ0v) is 19.5. The van der Waals surface area contributed by atoms with Crippen molar-refractivity contribution in [1.82, 2.24) is 9.55 Å². The molecular formula is C24H23ClN4O3S. The van der Waals surface area contributed by atoms with Gasteiger partial charge in [0.2, 0.25) is 0 Å². The summed E-state index contributed by atoms with van der Waals surface area (Å²) in [6.45, 7) is 2.31. The van der Waals surface area contributed by atoms with Crippen LogP contribution in [-0.2, 0) is 10.0 Å². The van der Waals surface area contributed by atoms with E-state index in [2.05, 4.69) is 4.98 Å². The first-order chi connectivity index (χ1) is 15.8. The second-order valence-electron chi connectivity index (χ2n) is 7.54. The van der Waals surface area contributed by atoms with Crippen LogP contribution in [0.5, 0.6) is 0 Å². The SMILES string of the molecule is CCCCN(c1ccccc1)S(=O)(=O)c1ccc(Cl)c(-n2c(=O)[nH]c3ccccc3c2=N)c1. The van der Waals surface area contributed by atoms with Gasteiger partial charge < -0.3 is 4.98 Å². The second-order valence-corrected chi connectivity index (χ2v) is 9.81. The number of fused-ring (bicyclic) bond motifs is 1. The molecule has 0 unspecified atom stereocenters. The highest BCUT2D eigenvalue weighted by molar-refractivity contribution is 7.92. The summed E-state index contributed by atoms with van der Waals surface area (Å²) >= 11 is 6.39. The standard InChI is InChI=1S/C24H23ClN4O3S/c1-2-3-15-28(17-9-5-4-6-10-17)33(31,32)18-13-14-20(25)22(16-18)29-23(26)19-11-7-8-12-21(19)27-24(29)30/h4-14,16,26H,2-3,15H2,1H3,(H,27,30). The smallest absolute Gasteiger partial charge is 0.306 e. The van der Waals surface area contributed by atoms with Crippen LogP contribution in [0.25, 0.3) is 16.6 Å². The molecule has 0 saturated heterocycles. The van der Waals surface area contributed by atoms with E-state index in [1.54, 1.807) is 48.5 Å². The first-order valence-electron chi connectivity index (χ1n) is 10.5. The monoisotopic (exact) mass is 482 g/mol. The van der Waals surface area contributed by atoms with Crippen molar-refractivity contribution < 1.29 is 8.42 Å². The number of nitrogens with one attached hydrogen (secondary N) is 2. The molecule has 0 saturated carbocycles. The average Bonchev–Trinajstić information content (AvgIpc) is 2.81. The Labute approximate surface area is 196 Å². The van der Waals surface area contributed by atoms with Crippen molar-refractivity contribution in [2.75, 3.05) is 10.8 Å². The second kappa shape index (κ2) is 9.25. The summed E-state index contributed by atoms with van der Waals surface area (Å²) in [5, 5.41) is 9.25. The number of aromatic nitrogens is 2. The minimum absolute atomic E-state index is 0.0127. The average molecular weight is 483 g/mol. The predicted molar refractivity (Wildman–Crippen MR) is 131 cm³/mol. The van der Waals surface area contributed by atoms with Gasteiger partial charge in [0, 0.05) is 11.9 Å². The first kappa shape index (κ1) is 22.8. The Morgan fingerprint density at radius 1 is 1.03 bits per heavy atom. The van der Waals surface area contributed by atoms with Crippen molar-refractivity contribution in [3.05, 3.63) is 93.8 Å². The molecule has 0 aliphatic rings. The number of hydrogen-bond donors (Lipinski definition) is 2. The van der Waals surface area contributed by atoms with Crippen LogP contribution in [0.3, 0.4) is 0 Å². The number of halogens is 1. The molecule has 1 aromatic heterocycles. The number of anilines is 1. The summed E-state index contributed by atoms with van der Waals surface area (Å²) in [5.74, 6) is 0. The summed E-state index contributed by atoms with van der Waals surface area (Å²) < 4.78 is 29.8. The van der Waals surface area contributed by atoms with Crippen LogP contribution in [0.4, 0.5) is 5.69 Å². The normalized spacial score (nSPS) is 11.6. The molecule has 2 N–H and O–H groups in total. The first-order valence-corrected chi connectivity index (χ1v) is 12.3. The molecule has 1 heterocycles. The Balaban J connectivity index is 1.89. The number of para-hydroxylation sites is 2. The maximum atomic E-state index is 13.7. The van der Waals surface area contributed by atoms with Gasteiger partial charge >= 0.3 is 5.69 Å². The fraction of sp³-hybridized carbons (Fsp3) is 0.167. The molecule has 3 aromatic carbocycles. The Morgan fingerprint density at radius 3 is 2.45 bits per heavy atom. The molecule has 0 aliphatic heterocycles. The summed E-state index contributed by atoms with van der Waals surface area (Å²) in [7, 11) is -3.95. The topological polar surface area (TPSA) is 99.0 Å². The number of hydrogen-bond acceptors (Lipinski definition) is 4. The van der Waals surface area contributed by atoms with Gasteiger partial charge in [-0.05, 0) is 48.9 Å². The number of aromatic amines is 1. The molecule has 0 radical (unpaired) electrons. The predicted octanol–water partition coefficient (Wildman–Crippen LogP) is 4.45. The molecule has 0 amide bonds. The van der Waals surface area contributed by atoms with Gasteiger partial charge in [0.25, 0.3) is 10.0 Å². The number of H-pyrrole nitrogens is 1. The highest BCUT2D eigenvalue weighted by atomic mass is 35.5. The summed E-state index contributed by atoms with van der Waals surface area (Å²) in [6, 6.07) is 20.0. The molecule has 7 nitrogen and oxygen atoms in total. The van der Waals surface area contributed by atoms with Crippen LogP contribution in [-0.4, -0.2) is 24.5 Å². The van der Waals surface area contributed by atoms with Gasteiger partial charge in [-0.25, -0.2) is 17.8 Å². The lowest BCUT2D eigenvalue weighted by Gasteiger charge is -2.25. The van der Waals surface area contributed by atoms with Crippen LogP contribution in [0, 0.1) is 5.41 Å². The van der Waals surface area contributed by atoms with Crippen LogP contribution < -0.4 is 15.5 Å². The quantitative estimate of drug-likeness (QED) is 0.407. The van der Waals surface area contributed by atoms with E-state index in [4.69, 9.17) is 17.0 Å². The van der Waals surface area contributed by atoms with Gasteiger partial charge in [-0.15, -0.1) is 0 Å². The number of rotatable bonds is 7. The summed E-state index contributed by atoms with van der Waals surface area (Å²) in [5.41, 5.74) is 0.522. The molecular weight excluding hydrogens is 460 g/mol.